The van der Waals surface area contributed by atoms with Crippen LogP contribution < -0.4 is 5.69 Å². The van der Waals surface area contributed by atoms with Crippen molar-refractivity contribution in [2.24, 2.45) is 0 Å². The molecular weight excluding hydrogens is 368 g/mol. The first-order valence-electron chi connectivity index (χ1n) is 8.73. The highest BCUT2D eigenvalue weighted by atomic mass is 35.5. The number of nitrogens with zero attached hydrogens (tertiary/aromatic N) is 2. The second-order valence-electron chi connectivity index (χ2n) is 6.41. The van der Waals surface area contributed by atoms with Gasteiger partial charge in [-0.3, -0.25) is 4.57 Å². The van der Waals surface area contributed by atoms with Gasteiger partial charge in [0, 0.05) is 22.0 Å². The zero-order valence-electron chi connectivity index (χ0n) is 14.3. The summed E-state index contributed by atoms with van der Waals surface area (Å²) in [5.74, 6) is 1.56. The van der Waals surface area contributed by atoms with Gasteiger partial charge in [-0.15, -0.1) is 11.8 Å². The summed E-state index contributed by atoms with van der Waals surface area (Å²) in [6.07, 6.45) is 5.78. The van der Waals surface area contributed by atoms with E-state index >= 15 is 0 Å². The first kappa shape index (κ1) is 17.4. The molecule has 26 heavy (non-hydrogen) atoms. The number of aromatic nitrogens is 2. The molecule has 0 saturated heterocycles. The van der Waals surface area contributed by atoms with Crippen LogP contribution in [0.4, 0.5) is 0 Å². The van der Waals surface area contributed by atoms with Crippen LogP contribution in [-0.4, -0.2) is 9.55 Å². The van der Waals surface area contributed by atoms with Crippen molar-refractivity contribution >= 4 is 23.4 Å². The van der Waals surface area contributed by atoms with E-state index in [2.05, 4.69) is 4.98 Å². The van der Waals surface area contributed by atoms with Crippen LogP contribution in [0.15, 0.2) is 56.9 Å². The van der Waals surface area contributed by atoms with Crippen LogP contribution in [0.1, 0.15) is 35.4 Å². The van der Waals surface area contributed by atoms with Crippen molar-refractivity contribution in [1.82, 2.24) is 9.55 Å². The van der Waals surface area contributed by atoms with Gasteiger partial charge in [0.25, 0.3) is 0 Å². The predicted octanol–water partition coefficient (Wildman–Crippen LogP) is 4.71. The molecule has 1 aromatic carbocycles. The van der Waals surface area contributed by atoms with Crippen LogP contribution in [0, 0.1) is 0 Å². The summed E-state index contributed by atoms with van der Waals surface area (Å²) in [6, 6.07) is 11.5. The Labute approximate surface area is 161 Å². The molecule has 0 spiro atoms. The third-order valence-corrected chi connectivity index (χ3v) is 5.97. The van der Waals surface area contributed by atoms with Gasteiger partial charge in [-0.2, -0.15) is 4.98 Å². The Kier molecular flexibility index (Phi) is 5.18. The molecule has 0 amide bonds. The summed E-state index contributed by atoms with van der Waals surface area (Å²) in [7, 11) is 0. The summed E-state index contributed by atoms with van der Waals surface area (Å²) in [4.78, 5) is 17.1. The smallest absolute Gasteiger partial charge is 0.349 e. The van der Waals surface area contributed by atoms with Gasteiger partial charge in [0.15, 0.2) is 0 Å². The minimum Gasteiger partial charge on any atom is -0.467 e. The molecule has 0 aliphatic heterocycles. The molecule has 134 valence electrons. The van der Waals surface area contributed by atoms with Crippen LogP contribution in [0.25, 0.3) is 0 Å². The number of hydrogen-bond acceptors (Lipinski definition) is 4. The number of fused-ring (bicyclic) bond motifs is 1. The number of halogens is 1. The summed E-state index contributed by atoms with van der Waals surface area (Å²) in [6.45, 7) is 0.448. The van der Waals surface area contributed by atoms with Crippen LogP contribution in [-0.2, 0) is 25.1 Å². The Hall–Kier alpha value is -1.98. The lowest BCUT2D eigenvalue weighted by molar-refractivity contribution is 0.471. The Morgan fingerprint density at radius 1 is 1.15 bits per heavy atom. The second kappa shape index (κ2) is 7.72. The molecule has 1 aliphatic rings. The van der Waals surface area contributed by atoms with Gasteiger partial charge < -0.3 is 4.42 Å². The van der Waals surface area contributed by atoms with Crippen molar-refractivity contribution in [2.45, 2.75) is 43.0 Å². The summed E-state index contributed by atoms with van der Waals surface area (Å²) < 4.78 is 7.20. The summed E-state index contributed by atoms with van der Waals surface area (Å²) >= 11 is 7.58. The largest absolute Gasteiger partial charge is 0.467 e. The van der Waals surface area contributed by atoms with Crippen LogP contribution >= 0.6 is 23.4 Å². The molecule has 4 rings (SSSR count). The van der Waals surface area contributed by atoms with Crippen molar-refractivity contribution in [3.63, 3.8) is 0 Å². The average molecular weight is 387 g/mol. The van der Waals surface area contributed by atoms with E-state index in [1.807, 2.05) is 36.4 Å². The molecule has 2 aromatic heterocycles. The van der Waals surface area contributed by atoms with Gasteiger partial charge in [-0.25, -0.2) is 4.79 Å². The van der Waals surface area contributed by atoms with E-state index in [1.165, 1.54) is 11.1 Å². The highest BCUT2D eigenvalue weighted by Crippen LogP contribution is 2.30. The van der Waals surface area contributed by atoms with Crippen molar-refractivity contribution in [2.75, 3.05) is 0 Å². The van der Waals surface area contributed by atoms with Gasteiger partial charge >= 0.3 is 5.69 Å². The molecule has 0 radical (unpaired) electrons. The van der Waals surface area contributed by atoms with Gasteiger partial charge in [0.05, 0.1) is 12.8 Å². The fourth-order valence-corrected chi connectivity index (χ4v) is 4.48. The SMILES string of the molecule is O=c1nc(SCc2ccc(Cl)cc2)c2c(n1Cc1ccco1)CCCC2. The molecule has 2 heterocycles. The van der Waals surface area contributed by atoms with E-state index < -0.39 is 0 Å². The highest BCUT2D eigenvalue weighted by molar-refractivity contribution is 7.98. The maximum atomic E-state index is 12.7. The zero-order chi connectivity index (χ0) is 17.9. The Bertz CT molecular complexity index is 949. The number of furan rings is 1. The summed E-state index contributed by atoms with van der Waals surface area (Å²) in [5, 5.41) is 1.60. The van der Waals surface area contributed by atoms with Crippen molar-refractivity contribution in [1.29, 1.82) is 0 Å². The highest BCUT2D eigenvalue weighted by Gasteiger charge is 2.21. The lowest BCUT2D eigenvalue weighted by Crippen LogP contribution is -2.30. The van der Waals surface area contributed by atoms with Crippen LogP contribution in [0.2, 0.25) is 5.02 Å². The average Bonchev–Trinajstić information content (AvgIpc) is 3.17. The lowest BCUT2D eigenvalue weighted by Gasteiger charge is -2.22. The maximum absolute atomic E-state index is 12.7. The van der Waals surface area contributed by atoms with E-state index in [1.54, 1.807) is 22.6 Å². The third kappa shape index (κ3) is 3.74. The molecule has 6 heteroatoms. The van der Waals surface area contributed by atoms with Crippen molar-refractivity contribution < 1.29 is 4.42 Å². The minimum atomic E-state index is -0.194. The topological polar surface area (TPSA) is 48.0 Å². The fourth-order valence-electron chi connectivity index (χ4n) is 3.32. The predicted molar refractivity (Wildman–Crippen MR) is 104 cm³/mol. The number of rotatable bonds is 5. The van der Waals surface area contributed by atoms with Gasteiger partial charge in [-0.05, 0) is 55.5 Å². The normalized spacial score (nSPS) is 13.6. The molecule has 1 aliphatic carbocycles. The minimum absolute atomic E-state index is 0.194. The fraction of sp³-hybridized carbons (Fsp3) is 0.300. The van der Waals surface area contributed by atoms with Crippen LogP contribution in [0.5, 0.6) is 0 Å². The Morgan fingerprint density at radius 2 is 1.96 bits per heavy atom. The molecule has 0 N–H and O–H groups in total. The number of hydrogen-bond donors (Lipinski definition) is 0. The second-order valence-corrected chi connectivity index (χ2v) is 7.81. The monoisotopic (exact) mass is 386 g/mol. The van der Waals surface area contributed by atoms with Gasteiger partial charge in [-0.1, -0.05) is 23.7 Å². The summed E-state index contributed by atoms with van der Waals surface area (Å²) in [5.41, 5.74) is 3.32. The van der Waals surface area contributed by atoms with E-state index in [0.29, 0.717) is 6.54 Å². The molecule has 0 fully saturated rings. The molecule has 0 bridgehead atoms. The first-order chi connectivity index (χ1) is 12.7. The van der Waals surface area contributed by atoms with Gasteiger partial charge in [0.1, 0.15) is 10.8 Å². The Morgan fingerprint density at radius 3 is 2.73 bits per heavy atom. The quantitative estimate of drug-likeness (QED) is 0.470. The van der Waals surface area contributed by atoms with E-state index in [0.717, 1.165) is 52.9 Å². The zero-order valence-corrected chi connectivity index (χ0v) is 15.9. The van der Waals surface area contributed by atoms with E-state index in [9.17, 15) is 4.79 Å². The lowest BCUT2D eigenvalue weighted by atomic mass is 9.97. The molecule has 0 atom stereocenters. The third-order valence-electron chi connectivity index (χ3n) is 4.63. The van der Waals surface area contributed by atoms with Crippen molar-refractivity contribution in [3.05, 3.63) is 80.7 Å². The number of benzene rings is 1. The number of thioether (sulfide) groups is 1. The van der Waals surface area contributed by atoms with Crippen molar-refractivity contribution in [3.8, 4) is 0 Å². The molecule has 0 unspecified atom stereocenters. The van der Waals surface area contributed by atoms with E-state index in [4.69, 9.17) is 16.0 Å². The molecule has 4 nitrogen and oxygen atoms in total. The molecule has 0 saturated carbocycles. The maximum Gasteiger partial charge on any atom is 0.349 e. The standard InChI is InChI=1S/C20H19ClN2O2S/c21-15-9-7-14(8-10-15)13-26-19-17-5-1-2-6-18(17)23(20(24)22-19)12-16-4-3-11-25-16/h3-4,7-11H,1-2,5-6,12-13H2. The molecular formula is C20H19ClN2O2S. The van der Waals surface area contributed by atoms with E-state index in [-0.39, 0.29) is 5.69 Å². The van der Waals surface area contributed by atoms with Crippen LogP contribution in [0.3, 0.4) is 0 Å². The first-order valence-corrected chi connectivity index (χ1v) is 10.1. The van der Waals surface area contributed by atoms with Gasteiger partial charge in [0.2, 0.25) is 0 Å². The Balaban J connectivity index is 1.64. The molecule has 3 aromatic rings.